The zero-order chi connectivity index (χ0) is 6.69. The Morgan fingerprint density at radius 1 is 1.44 bits per heavy atom. The molecule has 48 valence electrons. The lowest BCUT2D eigenvalue weighted by atomic mass is 10.4. The van der Waals surface area contributed by atoms with Crippen molar-refractivity contribution < 1.29 is 0 Å². The third kappa shape index (κ3) is 1.91. The zero-order valence-electron chi connectivity index (χ0n) is 4.78. The topological polar surface area (TPSA) is 12.9 Å². The standard InChI is InChI=1S/C6H7NS2/c8-4-5-1-2-6(9)3-7-5/h1-3,8-9H,4H2. The molecule has 0 radical (unpaired) electrons. The first-order valence-corrected chi connectivity index (χ1v) is 3.65. The molecule has 1 aromatic heterocycles. The molecule has 0 atom stereocenters. The van der Waals surface area contributed by atoms with Gasteiger partial charge in [-0.3, -0.25) is 4.98 Å². The van der Waals surface area contributed by atoms with Gasteiger partial charge in [0.2, 0.25) is 0 Å². The highest BCUT2D eigenvalue weighted by molar-refractivity contribution is 7.80. The van der Waals surface area contributed by atoms with Crippen LogP contribution in [-0.2, 0) is 5.75 Å². The van der Waals surface area contributed by atoms with Gasteiger partial charge in [0.25, 0.3) is 0 Å². The minimum atomic E-state index is 0.689. The molecule has 0 saturated carbocycles. The van der Waals surface area contributed by atoms with Gasteiger partial charge in [0, 0.05) is 16.8 Å². The minimum Gasteiger partial charge on any atom is -0.259 e. The molecule has 1 aromatic rings. The van der Waals surface area contributed by atoms with E-state index in [1.54, 1.807) is 6.20 Å². The van der Waals surface area contributed by atoms with E-state index >= 15 is 0 Å². The van der Waals surface area contributed by atoms with Crippen LogP contribution in [0.4, 0.5) is 0 Å². The van der Waals surface area contributed by atoms with Gasteiger partial charge in [-0.2, -0.15) is 12.6 Å². The summed E-state index contributed by atoms with van der Waals surface area (Å²) in [6, 6.07) is 3.82. The van der Waals surface area contributed by atoms with Crippen LogP contribution in [0.15, 0.2) is 23.2 Å². The second kappa shape index (κ2) is 3.13. The van der Waals surface area contributed by atoms with Gasteiger partial charge in [0.15, 0.2) is 0 Å². The summed E-state index contributed by atoms with van der Waals surface area (Å²) in [7, 11) is 0. The molecule has 0 unspecified atom stereocenters. The maximum Gasteiger partial charge on any atom is 0.0500 e. The highest BCUT2D eigenvalue weighted by atomic mass is 32.1. The van der Waals surface area contributed by atoms with E-state index in [0.29, 0.717) is 5.75 Å². The van der Waals surface area contributed by atoms with Crippen molar-refractivity contribution in [3.05, 3.63) is 24.0 Å². The van der Waals surface area contributed by atoms with Crippen LogP contribution in [-0.4, -0.2) is 4.98 Å². The minimum absolute atomic E-state index is 0.689. The number of hydrogen-bond donors (Lipinski definition) is 2. The smallest absolute Gasteiger partial charge is 0.0500 e. The first kappa shape index (κ1) is 6.96. The SMILES string of the molecule is SCc1ccc(S)cn1. The van der Waals surface area contributed by atoms with Crippen molar-refractivity contribution in [1.29, 1.82) is 0 Å². The van der Waals surface area contributed by atoms with E-state index in [1.807, 2.05) is 12.1 Å². The number of pyridine rings is 1. The molecular formula is C6H7NS2. The van der Waals surface area contributed by atoms with E-state index in [1.165, 1.54) is 0 Å². The van der Waals surface area contributed by atoms with Gasteiger partial charge in [0.1, 0.15) is 0 Å². The molecule has 0 spiro atoms. The normalized spacial score (nSPS) is 9.56. The molecular weight excluding hydrogens is 150 g/mol. The van der Waals surface area contributed by atoms with Crippen LogP contribution in [0.1, 0.15) is 5.69 Å². The third-order valence-electron chi connectivity index (χ3n) is 0.971. The Kier molecular flexibility index (Phi) is 2.42. The molecule has 0 aliphatic rings. The molecule has 0 fully saturated rings. The Labute approximate surface area is 65.3 Å². The molecule has 1 nitrogen and oxygen atoms in total. The number of hydrogen-bond acceptors (Lipinski definition) is 3. The summed E-state index contributed by atoms with van der Waals surface area (Å²) in [5.74, 6) is 0.689. The van der Waals surface area contributed by atoms with Gasteiger partial charge in [-0.15, -0.1) is 12.6 Å². The Bertz CT molecular complexity index is 183. The van der Waals surface area contributed by atoms with Crippen LogP contribution in [0.5, 0.6) is 0 Å². The Balaban J connectivity index is 2.88. The summed E-state index contributed by atoms with van der Waals surface area (Å²) in [4.78, 5) is 4.93. The molecule has 1 rings (SSSR count). The molecule has 0 aliphatic heterocycles. The molecule has 1 heterocycles. The van der Waals surface area contributed by atoms with Crippen LogP contribution >= 0.6 is 25.3 Å². The second-order valence-electron chi connectivity index (χ2n) is 1.67. The van der Waals surface area contributed by atoms with Crippen LogP contribution in [0, 0.1) is 0 Å². The Morgan fingerprint density at radius 3 is 2.67 bits per heavy atom. The fourth-order valence-corrected chi connectivity index (χ4v) is 0.830. The average Bonchev–Trinajstić information content (AvgIpc) is 1.90. The Morgan fingerprint density at radius 2 is 2.22 bits per heavy atom. The van der Waals surface area contributed by atoms with E-state index in [-0.39, 0.29) is 0 Å². The first-order valence-electron chi connectivity index (χ1n) is 2.57. The van der Waals surface area contributed by atoms with Crippen molar-refractivity contribution in [3.8, 4) is 0 Å². The molecule has 0 aliphatic carbocycles. The predicted octanol–water partition coefficient (Wildman–Crippen LogP) is 1.80. The summed E-state index contributed by atoms with van der Waals surface area (Å²) < 4.78 is 0. The summed E-state index contributed by atoms with van der Waals surface area (Å²) in [6.45, 7) is 0. The predicted molar refractivity (Wildman–Crippen MR) is 44.2 cm³/mol. The van der Waals surface area contributed by atoms with Gasteiger partial charge in [-0.1, -0.05) is 0 Å². The van der Waals surface area contributed by atoms with E-state index < -0.39 is 0 Å². The van der Waals surface area contributed by atoms with E-state index in [9.17, 15) is 0 Å². The van der Waals surface area contributed by atoms with Crippen molar-refractivity contribution in [3.63, 3.8) is 0 Å². The lowest BCUT2D eigenvalue weighted by molar-refractivity contribution is 1.13. The van der Waals surface area contributed by atoms with Crippen LogP contribution in [0.3, 0.4) is 0 Å². The van der Waals surface area contributed by atoms with Crippen molar-refractivity contribution in [2.24, 2.45) is 0 Å². The van der Waals surface area contributed by atoms with E-state index in [2.05, 4.69) is 30.2 Å². The largest absolute Gasteiger partial charge is 0.259 e. The number of nitrogens with zero attached hydrogens (tertiary/aromatic N) is 1. The van der Waals surface area contributed by atoms with Crippen LogP contribution in [0.25, 0.3) is 0 Å². The lowest BCUT2D eigenvalue weighted by Crippen LogP contribution is -1.81. The van der Waals surface area contributed by atoms with Gasteiger partial charge in [-0.05, 0) is 12.1 Å². The van der Waals surface area contributed by atoms with Crippen LogP contribution < -0.4 is 0 Å². The maximum absolute atomic E-state index is 4.08. The van der Waals surface area contributed by atoms with E-state index in [0.717, 1.165) is 10.6 Å². The molecule has 0 saturated heterocycles. The molecule has 3 heteroatoms. The molecule has 0 aromatic carbocycles. The fraction of sp³-hybridized carbons (Fsp3) is 0.167. The summed E-state index contributed by atoms with van der Waals surface area (Å²) in [5.41, 5.74) is 0.983. The number of thiol groups is 2. The molecule has 0 amide bonds. The second-order valence-corrected chi connectivity index (χ2v) is 2.50. The van der Waals surface area contributed by atoms with Gasteiger partial charge in [0.05, 0.1) is 5.69 Å². The molecule has 0 bridgehead atoms. The monoisotopic (exact) mass is 157 g/mol. The summed E-state index contributed by atoms with van der Waals surface area (Å²) in [5, 5.41) is 0. The summed E-state index contributed by atoms with van der Waals surface area (Å²) in [6.07, 6.45) is 1.72. The quantitative estimate of drug-likeness (QED) is 0.593. The van der Waals surface area contributed by atoms with Gasteiger partial charge >= 0.3 is 0 Å². The van der Waals surface area contributed by atoms with E-state index in [4.69, 9.17) is 0 Å². The zero-order valence-corrected chi connectivity index (χ0v) is 6.57. The number of aromatic nitrogens is 1. The Hall–Kier alpha value is -0.150. The van der Waals surface area contributed by atoms with Crippen molar-refractivity contribution in [2.45, 2.75) is 10.6 Å². The van der Waals surface area contributed by atoms with Crippen molar-refractivity contribution in [2.75, 3.05) is 0 Å². The summed E-state index contributed by atoms with van der Waals surface area (Å²) >= 11 is 8.14. The lowest BCUT2D eigenvalue weighted by Gasteiger charge is -1.92. The van der Waals surface area contributed by atoms with Crippen molar-refractivity contribution >= 4 is 25.3 Å². The highest BCUT2D eigenvalue weighted by Gasteiger charge is 1.87. The van der Waals surface area contributed by atoms with Gasteiger partial charge < -0.3 is 0 Å². The van der Waals surface area contributed by atoms with Crippen molar-refractivity contribution in [1.82, 2.24) is 4.98 Å². The molecule has 0 N–H and O–H groups in total. The fourth-order valence-electron chi connectivity index (χ4n) is 0.510. The third-order valence-corrected chi connectivity index (χ3v) is 1.56. The van der Waals surface area contributed by atoms with Crippen LogP contribution in [0.2, 0.25) is 0 Å². The highest BCUT2D eigenvalue weighted by Crippen LogP contribution is 2.04. The maximum atomic E-state index is 4.08. The first-order chi connectivity index (χ1) is 4.33. The molecule has 9 heavy (non-hydrogen) atoms. The average molecular weight is 157 g/mol. The number of rotatable bonds is 1. The van der Waals surface area contributed by atoms with Gasteiger partial charge in [-0.25, -0.2) is 0 Å².